The van der Waals surface area contributed by atoms with Crippen molar-refractivity contribution in [2.75, 3.05) is 13.2 Å². The van der Waals surface area contributed by atoms with Crippen LogP contribution in [0, 0.1) is 0 Å². The molecule has 0 spiro atoms. The highest BCUT2D eigenvalue weighted by Gasteiger charge is 2.37. The number of hydrogen-bond acceptors (Lipinski definition) is 12. The molecule has 326 valence electrons. The Morgan fingerprint density at radius 1 is 0.700 bits per heavy atom. The molecule has 0 saturated heterocycles. The first-order chi connectivity index (χ1) is 28.7. The number of aliphatic hydroxyl groups is 1. The molecule has 60 heavy (non-hydrogen) atoms. The van der Waals surface area contributed by atoms with Crippen molar-refractivity contribution in [1.82, 2.24) is 10.3 Å². The molecule has 6 rings (SSSR count). The Labute approximate surface area is 354 Å². The van der Waals surface area contributed by atoms with E-state index in [4.69, 9.17) is 28.0 Å². The molecule has 0 bridgehead atoms. The van der Waals surface area contributed by atoms with Crippen LogP contribution in [0.15, 0.2) is 69.7 Å². The predicted octanol–water partition coefficient (Wildman–Crippen LogP) is 10.0. The number of carbonyl (C=O) groups excluding carboxylic acids is 3. The fourth-order valence-corrected chi connectivity index (χ4v) is 7.28. The number of rotatable bonds is 22. The van der Waals surface area contributed by atoms with Gasteiger partial charge in [-0.15, -0.1) is 0 Å². The Bertz CT molecular complexity index is 1920. The Kier molecular flexibility index (Phi) is 17.2. The van der Waals surface area contributed by atoms with E-state index in [1.165, 1.54) is 0 Å². The van der Waals surface area contributed by atoms with Gasteiger partial charge in [-0.1, -0.05) is 71.0 Å². The average Bonchev–Trinajstić information content (AvgIpc) is 4.14. The molecular weight excluding hydrogens is 765 g/mol. The molecule has 0 radical (unpaired) electrons. The van der Waals surface area contributed by atoms with E-state index in [9.17, 15) is 19.5 Å². The zero-order valence-corrected chi connectivity index (χ0v) is 36.3. The quantitative estimate of drug-likeness (QED) is 0.0454. The maximum Gasteiger partial charge on any atom is 0.306 e. The maximum atomic E-state index is 12.5. The molecule has 0 unspecified atom stereocenters. The number of nitrogens with zero attached hydrogens (tertiary/aromatic N) is 2. The van der Waals surface area contributed by atoms with Gasteiger partial charge in [0.15, 0.2) is 12.0 Å². The van der Waals surface area contributed by atoms with Crippen molar-refractivity contribution >= 4 is 18.2 Å². The van der Waals surface area contributed by atoms with Gasteiger partial charge in [0.2, 0.25) is 5.76 Å². The SMILES string of the molecule is CC(C)(C)OC(=O)C[C@H](CCCOCc1ccccc1)c1noc(C=O)c1C1CC1.CC(C)(C)OC(=O)C[C@H](CCCOCc1ccccc1)c1noc(CO)c1C1CC1. The van der Waals surface area contributed by atoms with E-state index in [1.807, 2.05) is 102 Å². The Morgan fingerprint density at radius 3 is 1.55 bits per heavy atom. The van der Waals surface area contributed by atoms with Crippen molar-refractivity contribution in [2.45, 2.75) is 160 Å². The van der Waals surface area contributed by atoms with Gasteiger partial charge in [-0.05, 0) is 116 Å². The van der Waals surface area contributed by atoms with Gasteiger partial charge in [-0.3, -0.25) is 14.4 Å². The van der Waals surface area contributed by atoms with Gasteiger partial charge < -0.3 is 33.1 Å². The Morgan fingerprint density at radius 2 is 1.13 bits per heavy atom. The summed E-state index contributed by atoms with van der Waals surface area (Å²) in [7, 11) is 0. The monoisotopic (exact) mass is 828 g/mol. The maximum absolute atomic E-state index is 12.5. The molecule has 0 amide bonds. The van der Waals surface area contributed by atoms with Crippen molar-refractivity contribution in [3.05, 3.63) is 106 Å². The van der Waals surface area contributed by atoms with E-state index in [1.54, 1.807) is 0 Å². The lowest BCUT2D eigenvalue weighted by Crippen LogP contribution is -2.25. The highest BCUT2D eigenvalue weighted by Crippen LogP contribution is 2.47. The summed E-state index contributed by atoms with van der Waals surface area (Å²) in [6.45, 7) is 13.3. The number of aliphatic hydroxyl groups excluding tert-OH is 1. The third kappa shape index (κ3) is 15.4. The van der Waals surface area contributed by atoms with Crippen molar-refractivity contribution in [2.24, 2.45) is 0 Å². The molecule has 2 aromatic carbocycles. The minimum absolute atomic E-state index is 0.111. The van der Waals surface area contributed by atoms with E-state index < -0.39 is 11.2 Å². The van der Waals surface area contributed by atoms with Crippen molar-refractivity contribution in [1.29, 1.82) is 0 Å². The molecule has 12 heteroatoms. The average molecular weight is 829 g/mol. The van der Waals surface area contributed by atoms with E-state index in [0.29, 0.717) is 56.2 Å². The van der Waals surface area contributed by atoms with Crippen LogP contribution in [0.3, 0.4) is 0 Å². The molecule has 2 aliphatic carbocycles. The number of aromatic nitrogens is 2. The van der Waals surface area contributed by atoms with Crippen LogP contribution in [0.2, 0.25) is 0 Å². The highest BCUT2D eigenvalue weighted by atomic mass is 16.6. The smallest absolute Gasteiger partial charge is 0.306 e. The lowest BCUT2D eigenvalue weighted by Gasteiger charge is -2.22. The number of benzene rings is 2. The second-order valence-electron chi connectivity index (χ2n) is 17.9. The summed E-state index contributed by atoms with van der Waals surface area (Å²) in [4.78, 5) is 36.4. The first kappa shape index (κ1) is 46.4. The van der Waals surface area contributed by atoms with Crippen LogP contribution in [0.5, 0.6) is 0 Å². The van der Waals surface area contributed by atoms with Gasteiger partial charge >= 0.3 is 11.9 Å². The number of hydrogen-bond donors (Lipinski definition) is 1. The first-order valence-corrected chi connectivity index (χ1v) is 21.5. The van der Waals surface area contributed by atoms with Crippen LogP contribution < -0.4 is 0 Å². The Balaban J connectivity index is 0.000000228. The van der Waals surface area contributed by atoms with Gasteiger partial charge in [0.25, 0.3) is 0 Å². The minimum Gasteiger partial charge on any atom is -0.460 e. The summed E-state index contributed by atoms with van der Waals surface area (Å²) in [5.41, 5.74) is 4.61. The van der Waals surface area contributed by atoms with Gasteiger partial charge in [0.05, 0.1) is 37.4 Å². The standard InChI is InChI=1S/C24H33NO5.C24H31NO5/c2*1-24(2,3)29-21(27)14-19(10-7-13-28-16-17-8-5-4-6-9-17)23-22(18-11-12-18)20(15-26)30-25-23/h4-6,8-9,18-19,26H,7,10-16H2,1-3H3;4-6,8-9,15,18-19H,7,10-14,16H2,1-3H3/t2*19-/m00/s1. The molecule has 4 aromatic rings. The highest BCUT2D eigenvalue weighted by molar-refractivity contribution is 5.75. The second kappa shape index (κ2) is 22.3. The summed E-state index contributed by atoms with van der Waals surface area (Å²) < 4.78 is 33.4. The predicted molar refractivity (Wildman–Crippen MR) is 225 cm³/mol. The molecule has 1 N–H and O–H groups in total. The van der Waals surface area contributed by atoms with Crippen molar-refractivity contribution < 1.29 is 47.5 Å². The topological polar surface area (TPSA) is 160 Å². The number of esters is 2. The lowest BCUT2D eigenvalue weighted by molar-refractivity contribution is -0.156. The number of aldehydes is 1. The zero-order chi connectivity index (χ0) is 43.1. The molecule has 2 aromatic heterocycles. The van der Waals surface area contributed by atoms with E-state index >= 15 is 0 Å². The van der Waals surface area contributed by atoms with Gasteiger partial charge in [0, 0.05) is 36.2 Å². The van der Waals surface area contributed by atoms with Crippen LogP contribution in [0.1, 0.15) is 179 Å². The minimum atomic E-state index is -0.544. The van der Waals surface area contributed by atoms with Crippen LogP contribution in [-0.4, -0.2) is 58.1 Å². The summed E-state index contributed by atoms with van der Waals surface area (Å²) in [6, 6.07) is 20.1. The molecule has 2 heterocycles. The van der Waals surface area contributed by atoms with Crippen LogP contribution in [0.4, 0.5) is 0 Å². The van der Waals surface area contributed by atoms with Crippen LogP contribution in [0.25, 0.3) is 0 Å². The van der Waals surface area contributed by atoms with E-state index in [-0.39, 0.29) is 43.2 Å². The van der Waals surface area contributed by atoms with Gasteiger partial charge in [-0.25, -0.2) is 0 Å². The van der Waals surface area contributed by atoms with Crippen LogP contribution in [-0.2, 0) is 48.4 Å². The first-order valence-electron chi connectivity index (χ1n) is 21.5. The van der Waals surface area contributed by atoms with Crippen molar-refractivity contribution in [3.8, 4) is 0 Å². The second-order valence-corrected chi connectivity index (χ2v) is 17.9. The molecule has 0 aliphatic heterocycles. The largest absolute Gasteiger partial charge is 0.460 e. The molecule has 2 atom stereocenters. The summed E-state index contributed by atoms with van der Waals surface area (Å²) in [6.07, 6.45) is 8.37. The van der Waals surface area contributed by atoms with Gasteiger partial charge in [0.1, 0.15) is 17.8 Å². The number of ether oxygens (including phenoxy) is 4. The fraction of sp³-hybridized carbons (Fsp3) is 0.562. The van der Waals surface area contributed by atoms with E-state index in [2.05, 4.69) is 10.3 Å². The van der Waals surface area contributed by atoms with E-state index in [0.717, 1.165) is 84.9 Å². The molecular formula is C48H64N2O10. The third-order valence-corrected chi connectivity index (χ3v) is 10.2. The summed E-state index contributed by atoms with van der Waals surface area (Å²) in [5, 5.41) is 18.1. The number of carbonyl (C=O) groups is 3. The third-order valence-electron chi connectivity index (χ3n) is 10.2. The molecule has 2 saturated carbocycles. The molecule has 2 fully saturated rings. The summed E-state index contributed by atoms with van der Waals surface area (Å²) in [5.74, 6) is 0.728. The normalized spacial score (nSPS) is 15.1. The Hall–Kier alpha value is -4.65. The van der Waals surface area contributed by atoms with Gasteiger partial charge in [-0.2, -0.15) is 0 Å². The zero-order valence-electron chi connectivity index (χ0n) is 36.3. The molecule has 12 nitrogen and oxygen atoms in total. The molecule has 2 aliphatic rings. The van der Waals surface area contributed by atoms with Crippen molar-refractivity contribution in [3.63, 3.8) is 0 Å². The fourth-order valence-electron chi connectivity index (χ4n) is 7.28. The lowest BCUT2D eigenvalue weighted by atomic mass is 9.91. The van der Waals surface area contributed by atoms with Crippen LogP contribution >= 0.6 is 0 Å². The summed E-state index contributed by atoms with van der Waals surface area (Å²) >= 11 is 0.